The zero-order chi connectivity index (χ0) is 21.5. The average Bonchev–Trinajstić information content (AvgIpc) is 3.15. The van der Waals surface area contributed by atoms with Gasteiger partial charge in [0, 0.05) is 24.7 Å². The summed E-state index contributed by atoms with van der Waals surface area (Å²) in [6.45, 7) is 0. The van der Waals surface area contributed by atoms with Crippen LogP contribution in [-0.4, -0.2) is 40.9 Å². The van der Waals surface area contributed by atoms with Crippen LogP contribution < -0.4 is 5.01 Å². The Bertz CT molecular complexity index is 997. The van der Waals surface area contributed by atoms with Gasteiger partial charge in [-0.3, -0.25) is 14.5 Å². The Balaban J connectivity index is 2.24. The number of hydrazone groups is 1. The molecular weight excluding hydrogens is 344 g/mol. The standard InChI is InChI=1S/C17H17ClN4O3/c1-21-9-13(8-19-21)22-16(10-23)14(17(24)25-2)7-15(20-22)11-3-5-12(18)6-4-11/h3-6,8-10,14,16H,7H2,1-2H3/i3D,4D,5D,6D. The van der Waals surface area contributed by atoms with Gasteiger partial charge in [-0.05, 0) is 17.6 Å². The molecule has 8 heteroatoms. The SMILES string of the molecule is [2H]c1c([2H])c(C2=NN(c3cnn(C)c3)C(C=O)C(C(=O)OC)C2)c([2H])c([2H])c1Cl. The van der Waals surface area contributed by atoms with E-state index in [2.05, 4.69) is 10.2 Å². The minimum Gasteiger partial charge on any atom is -0.469 e. The summed E-state index contributed by atoms with van der Waals surface area (Å²) in [5, 5.41) is 9.41. The van der Waals surface area contributed by atoms with E-state index >= 15 is 0 Å². The van der Waals surface area contributed by atoms with E-state index in [1.54, 1.807) is 13.2 Å². The maximum absolute atomic E-state index is 12.4. The van der Waals surface area contributed by atoms with Crippen molar-refractivity contribution in [3.05, 3.63) is 47.1 Å². The van der Waals surface area contributed by atoms with Gasteiger partial charge < -0.3 is 9.53 Å². The molecule has 0 aliphatic carbocycles. The fraction of sp³-hybridized carbons (Fsp3) is 0.294. The summed E-state index contributed by atoms with van der Waals surface area (Å²) in [6.07, 6.45) is 3.51. The first kappa shape index (κ1) is 12.7. The van der Waals surface area contributed by atoms with E-state index < -0.39 is 30.0 Å². The highest BCUT2D eigenvalue weighted by molar-refractivity contribution is 6.30. The Hall–Kier alpha value is -2.67. The summed E-state index contributed by atoms with van der Waals surface area (Å²) in [5.41, 5.74) is 0.437. The summed E-state index contributed by atoms with van der Waals surface area (Å²) in [7, 11) is 2.87. The highest BCUT2D eigenvalue weighted by Crippen LogP contribution is 2.29. The quantitative estimate of drug-likeness (QED) is 0.613. The van der Waals surface area contributed by atoms with Crippen molar-refractivity contribution in [2.75, 3.05) is 12.1 Å². The van der Waals surface area contributed by atoms with Gasteiger partial charge in [0.15, 0.2) is 0 Å². The number of benzene rings is 1. The molecule has 0 amide bonds. The van der Waals surface area contributed by atoms with Crippen molar-refractivity contribution in [2.45, 2.75) is 12.5 Å². The molecule has 7 nitrogen and oxygen atoms in total. The Labute approximate surface area is 155 Å². The molecule has 3 rings (SSSR count). The monoisotopic (exact) mass is 364 g/mol. The molecule has 2 heterocycles. The molecule has 25 heavy (non-hydrogen) atoms. The molecule has 0 saturated heterocycles. The number of anilines is 1. The van der Waals surface area contributed by atoms with Gasteiger partial charge >= 0.3 is 5.97 Å². The number of nitrogens with zero attached hydrogens (tertiary/aromatic N) is 4. The van der Waals surface area contributed by atoms with Crippen LogP contribution in [0.15, 0.2) is 41.7 Å². The lowest BCUT2D eigenvalue weighted by molar-refractivity contribution is -0.147. The molecule has 0 spiro atoms. The van der Waals surface area contributed by atoms with E-state index in [0.29, 0.717) is 12.0 Å². The van der Waals surface area contributed by atoms with Crippen LogP contribution in [0.1, 0.15) is 17.5 Å². The zero-order valence-electron chi connectivity index (χ0n) is 17.5. The predicted octanol–water partition coefficient (Wildman–Crippen LogP) is 2.04. The van der Waals surface area contributed by atoms with Gasteiger partial charge in [0.25, 0.3) is 0 Å². The second-order valence-corrected chi connectivity index (χ2v) is 5.79. The summed E-state index contributed by atoms with van der Waals surface area (Å²) in [4.78, 5) is 24.2. The van der Waals surface area contributed by atoms with Crippen LogP contribution in [0.5, 0.6) is 0 Å². The van der Waals surface area contributed by atoms with Gasteiger partial charge in [-0.25, -0.2) is 0 Å². The molecule has 130 valence electrons. The molecule has 1 aromatic heterocycles. The number of methoxy groups -OCH3 is 1. The van der Waals surface area contributed by atoms with Gasteiger partial charge in [0.05, 0.1) is 36.1 Å². The highest BCUT2D eigenvalue weighted by atomic mass is 35.5. The molecule has 2 unspecified atom stereocenters. The van der Waals surface area contributed by atoms with Crippen LogP contribution >= 0.6 is 11.6 Å². The maximum atomic E-state index is 12.4. The lowest BCUT2D eigenvalue weighted by Gasteiger charge is -2.34. The topological polar surface area (TPSA) is 76.8 Å². The van der Waals surface area contributed by atoms with Crippen molar-refractivity contribution in [3.63, 3.8) is 0 Å². The van der Waals surface area contributed by atoms with Crippen molar-refractivity contribution < 1.29 is 19.8 Å². The number of esters is 1. The van der Waals surface area contributed by atoms with Gasteiger partial charge in [0.1, 0.15) is 12.3 Å². The van der Waals surface area contributed by atoms with Crippen molar-refractivity contribution in [1.29, 1.82) is 0 Å². The number of aromatic nitrogens is 2. The third-order valence-corrected chi connectivity index (χ3v) is 4.01. The average molecular weight is 365 g/mol. The molecule has 0 fully saturated rings. The lowest BCUT2D eigenvalue weighted by Crippen LogP contribution is -2.47. The van der Waals surface area contributed by atoms with Crippen LogP contribution in [0, 0.1) is 5.92 Å². The molecule has 0 bridgehead atoms. The second kappa shape index (κ2) is 7.06. The van der Waals surface area contributed by atoms with E-state index in [1.165, 1.54) is 23.0 Å². The first-order chi connectivity index (χ1) is 13.7. The minimum absolute atomic E-state index is 0.0865. The molecular formula is C17H17ClN4O3. The lowest BCUT2D eigenvalue weighted by atomic mass is 9.89. The first-order valence-electron chi connectivity index (χ1n) is 9.35. The number of carbonyl (C=O) groups excluding carboxylic acids is 2. The van der Waals surface area contributed by atoms with E-state index in [-0.39, 0.29) is 34.8 Å². The van der Waals surface area contributed by atoms with E-state index in [4.69, 9.17) is 21.8 Å². The van der Waals surface area contributed by atoms with Gasteiger partial charge in [0.2, 0.25) is 0 Å². The number of aryl methyl sites for hydroxylation is 1. The van der Waals surface area contributed by atoms with Crippen molar-refractivity contribution >= 4 is 35.3 Å². The Morgan fingerprint density at radius 3 is 2.72 bits per heavy atom. The van der Waals surface area contributed by atoms with Gasteiger partial charge in [-0.2, -0.15) is 10.2 Å². The van der Waals surface area contributed by atoms with Gasteiger partial charge in [-0.1, -0.05) is 23.7 Å². The largest absolute Gasteiger partial charge is 0.469 e. The molecule has 0 N–H and O–H groups in total. The van der Waals surface area contributed by atoms with Crippen LogP contribution in [0.25, 0.3) is 0 Å². The highest BCUT2D eigenvalue weighted by Gasteiger charge is 2.39. The summed E-state index contributed by atoms with van der Waals surface area (Å²) >= 11 is 5.88. The number of carbonyl (C=O) groups is 2. The third kappa shape index (κ3) is 3.41. The molecule has 0 radical (unpaired) electrons. The first-order valence-corrected chi connectivity index (χ1v) is 7.73. The number of aldehydes is 1. The van der Waals surface area contributed by atoms with E-state index in [1.807, 2.05) is 0 Å². The number of halogens is 1. The number of ether oxygens (including phenoxy) is 1. The number of hydrogen-bond donors (Lipinski definition) is 0. The Morgan fingerprint density at radius 2 is 2.16 bits per heavy atom. The van der Waals surface area contributed by atoms with Gasteiger partial charge in [-0.15, -0.1) is 0 Å². The van der Waals surface area contributed by atoms with Crippen LogP contribution in [0.2, 0.25) is 5.02 Å². The normalized spacial score (nSPS) is 22.4. The summed E-state index contributed by atoms with van der Waals surface area (Å²) in [5.74, 6) is -1.63. The second-order valence-electron chi connectivity index (χ2n) is 5.41. The zero-order valence-corrected chi connectivity index (χ0v) is 14.2. The van der Waals surface area contributed by atoms with Crippen LogP contribution in [0.4, 0.5) is 5.69 Å². The fourth-order valence-electron chi connectivity index (χ4n) is 2.61. The smallest absolute Gasteiger partial charge is 0.311 e. The minimum atomic E-state index is -0.989. The summed E-state index contributed by atoms with van der Waals surface area (Å²) in [6, 6.07) is -2.57. The van der Waals surface area contributed by atoms with Crippen LogP contribution in [0.3, 0.4) is 0 Å². The Morgan fingerprint density at radius 1 is 1.44 bits per heavy atom. The number of hydrogen-bond acceptors (Lipinski definition) is 6. The molecule has 1 aliphatic rings. The molecule has 2 aromatic rings. The van der Waals surface area contributed by atoms with E-state index in [9.17, 15) is 9.59 Å². The molecule has 2 atom stereocenters. The van der Waals surface area contributed by atoms with Crippen molar-refractivity contribution in [1.82, 2.24) is 9.78 Å². The molecule has 0 saturated carbocycles. The molecule has 1 aliphatic heterocycles. The molecule has 1 aromatic carbocycles. The maximum Gasteiger partial charge on any atom is 0.311 e. The van der Waals surface area contributed by atoms with Crippen molar-refractivity contribution in [2.24, 2.45) is 18.1 Å². The predicted molar refractivity (Wildman–Crippen MR) is 93.7 cm³/mol. The third-order valence-electron chi connectivity index (χ3n) is 3.82. The summed E-state index contributed by atoms with van der Waals surface area (Å²) < 4.78 is 38.7. The van der Waals surface area contributed by atoms with E-state index in [0.717, 1.165) is 0 Å². The van der Waals surface area contributed by atoms with Crippen molar-refractivity contribution in [3.8, 4) is 0 Å². The number of rotatable bonds is 4. The van der Waals surface area contributed by atoms with Crippen LogP contribution in [-0.2, 0) is 21.4 Å². The fourth-order valence-corrected chi connectivity index (χ4v) is 2.71. The Kier molecular flexibility index (Phi) is 3.58.